The summed E-state index contributed by atoms with van der Waals surface area (Å²) in [5, 5.41) is 9.62. The number of likely N-dealkylation sites (tertiary alicyclic amines) is 1. The van der Waals surface area contributed by atoms with Gasteiger partial charge in [-0.15, -0.1) is 0 Å². The zero-order chi connectivity index (χ0) is 10.1. The van der Waals surface area contributed by atoms with Gasteiger partial charge in [0.15, 0.2) is 0 Å². The van der Waals surface area contributed by atoms with Crippen molar-refractivity contribution >= 4 is 0 Å². The minimum atomic E-state index is -0.515. The van der Waals surface area contributed by atoms with E-state index in [2.05, 4.69) is 18.7 Å². The van der Waals surface area contributed by atoms with E-state index in [0.717, 1.165) is 13.0 Å². The molecule has 0 aromatic rings. The second-order valence-corrected chi connectivity index (χ2v) is 5.47. The molecule has 78 valence electrons. The first-order valence-corrected chi connectivity index (χ1v) is 5.29. The van der Waals surface area contributed by atoms with Crippen LogP contribution in [0.2, 0.25) is 0 Å². The van der Waals surface area contributed by atoms with E-state index in [-0.39, 0.29) is 0 Å². The van der Waals surface area contributed by atoms with Crippen LogP contribution < -0.4 is 0 Å². The first-order valence-electron chi connectivity index (χ1n) is 5.29. The van der Waals surface area contributed by atoms with Crippen LogP contribution in [0, 0.1) is 0 Å². The van der Waals surface area contributed by atoms with Crippen LogP contribution in [0.4, 0.5) is 0 Å². The normalized spacial score (nSPS) is 23.8. The second-order valence-electron chi connectivity index (χ2n) is 5.47. The molecule has 1 heterocycles. The van der Waals surface area contributed by atoms with Gasteiger partial charge in [0.25, 0.3) is 0 Å². The molecule has 0 saturated carbocycles. The molecule has 0 amide bonds. The maximum Gasteiger partial charge on any atom is 0.0603 e. The molecule has 1 saturated heterocycles. The van der Waals surface area contributed by atoms with E-state index in [1.54, 1.807) is 0 Å². The molecule has 0 aromatic carbocycles. The maximum atomic E-state index is 9.62. The number of hydrogen-bond acceptors (Lipinski definition) is 2. The van der Waals surface area contributed by atoms with Crippen LogP contribution in [-0.4, -0.2) is 34.2 Å². The highest BCUT2D eigenvalue weighted by Crippen LogP contribution is 2.28. The smallest absolute Gasteiger partial charge is 0.0603 e. The fraction of sp³-hybridized carbons (Fsp3) is 1.00. The lowest BCUT2D eigenvalue weighted by atomic mass is 10.00. The molecular formula is C11H23NO. The predicted molar refractivity (Wildman–Crippen MR) is 55.8 cm³/mol. The summed E-state index contributed by atoms with van der Waals surface area (Å²) in [6, 6.07) is 0. The van der Waals surface area contributed by atoms with Crippen LogP contribution in [-0.2, 0) is 0 Å². The van der Waals surface area contributed by atoms with Crippen LogP contribution in [0.1, 0.15) is 47.0 Å². The van der Waals surface area contributed by atoms with Gasteiger partial charge < -0.3 is 5.11 Å². The molecule has 0 spiro atoms. The molecule has 1 rings (SSSR count). The molecule has 1 aliphatic rings. The Morgan fingerprint density at radius 1 is 1.38 bits per heavy atom. The van der Waals surface area contributed by atoms with E-state index in [9.17, 15) is 5.11 Å². The van der Waals surface area contributed by atoms with E-state index >= 15 is 0 Å². The van der Waals surface area contributed by atoms with Crippen molar-refractivity contribution in [3.8, 4) is 0 Å². The van der Waals surface area contributed by atoms with Crippen molar-refractivity contribution in [1.82, 2.24) is 4.90 Å². The topological polar surface area (TPSA) is 23.5 Å². The van der Waals surface area contributed by atoms with Crippen LogP contribution in [0.5, 0.6) is 0 Å². The molecule has 0 bridgehead atoms. The summed E-state index contributed by atoms with van der Waals surface area (Å²) in [5.41, 5.74) is -0.163. The number of hydrogen-bond donors (Lipinski definition) is 1. The molecule has 2 nitrogen and oxygen atoms in total. The molecule has 1 N–H and O–H groups in total. The van der Waals surface area contributed by atoms with E-state index in [0.29, 0.717) is 5.54 Å². The summed E-state index contributed by atoms with van der Waals surface area (Å²) in [6.07, 6.45) is 3.47. The fourth-order valence-corrected chi connectivity index (χ4v) is 1.99. The Balaban J connectivity index is 2.37. The van der Waals surface area contributed by atoms with Crippen LogP contribution in [0.15, 0.2) is 0 Å². The molecule has 1 fully saturated rings. The van der Waals surface area contributed by atoms with Gasteiger partial charge in [-0.3, -0.25) is 4.90 Å². The van der Waals surface area contributed by atoms with Gasteiger partial charge in [0.2, 0.25) is 0 Å². The highest BCUT2D eigenvalue weighted by atomic mass is 16.3. The third-order valence-electron chi connectivity index (χ3n) is 3.07. The maximum absolute atomic E-state index is 9.62. The van der Waals surface area contributed by atoms with Crippen molar-refractivity contribution in [3.05, 3.63) is 0 Å². The van der Waals surface area contributed by atoms with Gasteiger partial charge in [0.1, 0.15) is 0 Å². The van der Waals surface area contributed by atoms with Gasteiger partial charge in [-0.25, -0.2) is 0 Å². The summed E-state index contributed by atoms with van der Waals surface area (Å²) in [5.74, 6) is 0. The molecule has 0 atom stereocenters. The second kappa shape index (κ2) is 3.58. The SMILES string of the molecule is CC(C)(O)CCN1CCCC1(C)C. The van der Waals surface area contributed by atoms with Crippen molar-refractivity contribution in [2.24, 2.45) is 0 Å². The van der Waals surface area contributed by atoms with Crippen LogP contribution in [0.3, 0.4) is 0 Å². The van der Waals surface area contributed by atoms with Crippen molar-refractivity contribution in [2.45, 2.75) is 58.1 Å². The van der Waals surface area contributed by atoms with Crippen molar-refractivity contribution in [3.63, 3.8) is 0 Å². The Hall–Kier alpha value is -0.0800. The summed E-state index contributed by atoms with van der Waals surface area (Å²) in [7, 11) is 0. The van der Waals surface area contributed by atoms with E-state index < -0.39 is 5.60 Å². The average molecular weight is 185 g/mol. The fourth-order valence-electron chi connectivity index (χ4n) is 1.99. The Bertz CT molecular complexity index is 169. The Morgan fingerprint density at radius 2 is 2.00 bits per heavy atom. The highest BCUT2D eigenvalue weighted by molar-refractivity contribution is 4.88. The number of nitrogens with zero attached hydrogens (tertiary/aromatic N) is 1. The average Bonchev–Trinajstić information content (AvgIpc) is 2.23. The molecule has 0 aliphatic carbocycles. The van der Waals surface area contributed by atoms with Gasteiger partial charge in [-0.2, -0.15) is 0 Å². The van der Waals surface area contributed by atoms with E-state index in [4.69, 9.17) is 0 Å². The predicted octanol–water partition coefficient (Wildman–Crippen LogP) is 2.02. The summed E-state index contributed by atoms with van der Waals surface area (Å²) in [6.45, 7) is 10.6. The first kappa shape index (κ1) is 11.0. The van der Waals surface area contributed by atoms with Crippen molar-refractivity contribution in [2.75, 3.05) is 13.1 Å². The molecule has 2 heteroatoms. The van der Waals surface area contributed by atoms with Crippen molar-refractivity contribution < 1.29 is 5.11 Å². The minimum absolute atomic E-state index is 0.352. The molecule has 1 aliphatic heterocycles. The van der Waals surface area contributed by atoms with Gasteiger partial charge >= 0.3 is 0 Å². The lowest BCUT2D eigenvalue weighted by Crippen LogP contribution is -2.40. The summed E-state index contributed by atoms with van der Waals surface area (Å²) in [4.78, 5) is 2.49. The Kier molecular flexibility index (Phi) is 3.03. The minimum Gasteiger partial charge on any atom is -0.390 e. The standard InChI is InChI=1S/C11H23NO/c1-10(2)6-5-8-12(10)9-7-11(3,4)13/h13H,5-9H2,1-4H3. The number of aliphatic hydroxyl groups is 1. The largest absolute Gasteiger partial charge is 0.390 e. The van der Waals surface area contributed by atoms with Gasteiger partial charge in [-0.1, -0.05) is 0 Å². The third kappa shape index (κ3) is 3.28. The van der Waals surface area contributed by atoms with Crippen molar-refractivity contribution in [1.29, 1.82) is 0 Å². The molecule has 0 radical (unpaired) electrons. The first-order chi connectivity index (χ1) is 5.81. The summed E-state index contributed by atoms with van der Waals surface area (Å²) >= 11 is 0. The molecular weight excluding hydrogens is 162 g/mol. The zero-order valence-electron chi connectivity index (χ0n) is 9.43. The van der Waals surface area contributed by atoms with Gasteiger partial charge in [-0.05, 0) is 53.5 Å². The number of rotatable bonds is 3. The monoisotopic (exact) mass is 185 g/mol. The highest BCUT2D eigenvalue weighted by Gasteiger charge is 2.32. The third-order valence-corrected chi connectivity index (χ3v) is 3.07. The quantitative estimate of drug-likeness (QED) is 0.727. The van der Waals surface area contributed by atoms with Gasteiger partial charge in [0, 0.05) is 12.1 Å². The Labute approximate surface area is 81.9 Å². The zero-order valence-corrected chi connectivity index (χ0v) is 9.43. The molecule has 13 heavy (non-hydrogen) atoms. The van der Waals surface area contributed by atoms with E-state index in [1.807, 2.05) is 13.8 Å². The lowest BCUT2D eigenvalue weighted by Gasteiger charge is -2.33. The van der Waals surface area contributed by atoms with Crippen LogP contribution in [0.25, 0.3) is 0 Å². The lowest BCUT2D eigenvalue weighted by molar-refractivity contribution is 0.0480. The molecule has 0 aromatic heterocycles. The molecule has 0 unspecified atom stereocenters. The Morgan fingerprint density at radius 3 is 2.38 bits per heavy atom. The van der Waals surface area contributed by atoms with E-state index in [1.165, 1.54) is 19.4 Å². The van der Waals surface area contributed by atoms with Gasteiger partial charge in [0.05, 0.1) is 5.60 Å². The summed E-state index contributed by atoms with van der Waals surface area (Å²) < 4.78 is 0. The van der Waals surface area contributed by atoms with Crippen LogP contribution >= 0.6 is 0 Å².